The lowest BCUT2D eigenvalue weighted by atomic mass is 9.74. The van der Waals surface area contributed by atoms with E-state index in [9.17, 15) is 14.9 Å². The van der Waals surface area contributed by atoms with E-state index in [1.54, 1.807) is 34.1 Å². The van der Waals surface area contributed by atoms with Gasteiger partial charge in [0.1, 0.15) is 0 Å². The summed E-state index contributed by atoms with van der Waals surface area (Å²) >= 11 is 6.12. The first kappa shape index (κ1) is 23.6. The molecule has 1 N–H and O–H groups in total. The normalized spacial score (nSPS) is 24.7. The zero-order valence-corrected chi connectivity index (χ0v) is 21.3. The lowest BCUT2D eigenvalue weighted by Gasteiger charge is -2.36. The number of rotatable bonds is 6. The van der Waals surface area contributed by atoms with Crippen LogP contribution in [-0.2, 0) is 4.79 Å². The standard InChI is InChI=1S/C27H26ClN7O2/c1-14-5-24(32-33-25(14)34-12-18-8-23(18)27(34)37)15(2)35-13-19(11-30-35)26(36)31-21-6-17(7-21)22-9-20(28)4-3-16(22)10-29/h3-5,9,11,13,15,17-18,21,23H,6-8,12H2,1-2H3,(H,31,36)/t15?,17?,18-,21?,23-/m1/s1. The number of aryl methyl sites for hydroxylation is 1. The summed E-state index contributed by atoms with van der Waals surface area (Å²) in [7, 11) is 0. The molecule has 9 nitrogen and oxygen atoms in total. The van der Waals surface area contributed by atoms with Gasteiger partial charge in [0.2, 0.25) is 5.91 Å². The molecule has 6 rings (SSSR count). The summed E-state index contributed by atoms with van der Waals surface area (Å²) in [6.45, 7) is 4.61. The lowest BCUT2D eigenvalue weighted by molar-refractivity contribution is -0.118. The first-order valence-corrected chi connectivity index (χ1v) is 12.9. The van der Waals surface area contributed by atoms with E-state index < -0.39 is 0 Å². The number of halogens is 1. The summed E-state index contributed by atoms with van der Waals surface area (Å²) in [5.74, 6) is 1.45. The fraction of sp³-hybridized carbons (Fsp3) is 0.407. The molecule has 188 valence electrons. The van der Waals surface area contributed by atoms with E-state index in [-0.39, 0.29) is 35.7 Å². The van der Waals surface area contributed by atoms with Gasteiger partial charge < -0.3 is 5.32 Å². The lowest BCUT2D eigenvalue weighted by Crippen LogP contribution is -2.43. The number of piperidine rings is 1. The van der Waals surface area contributed by atoms with Crippen molar-refractivity contribution in [1.82, 2.24) is 25.3 Å². The van der Waals surface area contributed by atoms with Crippen LogP contribution in [0.2, 0.25) is 5.02 Å². The van der Waals surface area contributed by atoms with Gasteiger partial charge in [0.05, 0.1) is 35.1 Å². The molecule has 2 aliphatic carbocycles. The van der Waals surface area contributed by atoms with Gasteiger partial charge in [-0.05, 0) is 80.3 Å². The Labute approximate surface area is 219 Å². The maximum Gasteiger partial charge on any atom is 0.254 e. The molecule has 2 amide bonds. The molecule has 1 saturated heterocycles. The Bertz CT molecular complexity index is 1460. The van der Waals surface area contributed by atoms with Gasteiger partial charge in [0.25, 0.3) is 5.91 Å². The summed E-state index contributed by atoms with van der Waals surface area (Å²) in [6, 6.07) is 9.27. The minimum Gasteiger partial charge on any atom is -0.349 e. The predicted molar refractivity (Wildman–Crippen MR) is 136 cm³/mol. The Morgan fingerprint density at radius 3 is 2.76 bits per heavy atom. The van der Waals surface area contributed by atoms with Crippen molar-refractivity contribution in [1.29, 1.82) is 5.26 Å². The Kier molecular flexibility index (Phi) is 5.72. The van der Waals surface area contributed by atoms with Crippen LogP contribution >= 0.6 is 11.6 Å². The molecule has 3 heterocycles. The predicted octanol–water partition coefficient (Wildman–Crippen LogP) is 3.77. The van der Waals surface area contributed by atoms with Crippen molar-refractivity contribution < 1.29 is 9.59 Å². The molecule has 3 fully saturated rings. The van der Waals surface area contributed by atoms with Crippen LogP contribution in [0.5, 0.6) is 0 Å². The van der Waals surface area contributed by atoms with Crippen LogP contribution < -0.4 is 10.2 Å². The van der Waals surface area contributed by atoms with Crippen LogP contribution in [0, 0.1) is 30.1 Å². The monoisotopic (exact) mass is 515 g/mol. The van der Waals surface area contributed by atoms with Crippen molar-refractivity contribution in [3.8, 4) is 6.07 Å². The van der Waals surface area contributed by atoms with E-state index in [4.69, 9.17) is 11.6 Å². The van der Waals surface area contributed by atoms with Crippen molar-refractivity contribution in [2.45, 2.75) is 51.1 Å². The molecule has 37 heavy (non-hydrogen) atoms. The van der Waals surface area contributed by atoms with E-state index in [0.29, 0.717) is 33.6 Å². The second-order valence-corrected chi connectivity index (χ2v) is 10.8. The van der Waals surface area contributed by atoms with Gasteiger partial charge in [-0.15, -0.1) is 5.10 Å². The second-order valence-electron chi connectivity index (χ2n) is 10.4. The molecule has 1 unspecified atom stereocenters. The fourth-order valence-corrected chi connectivity index (χ4v) is 5.65. The third-order valence-electron chi connectivity index (χ3n) is 7.89. The van der Waals surface area contributed by atoms with Crippen LogP contribution in [0.1, 0.15) is 70.9 Å². The number of hydrogen-bond acceptors (Lipinski definition) is 6. The SMILES string of the molecule is Cc1cc(C(C)n2cc(C(=O)NC3CC(c4cc(Cl)ccc4C#N)C3)cn2)nnc1N1C[C@H]2C[C@H]2C1=O. The highest BCUT2D eigenvalue weighted by Crippen LogP contribution is 2.47. The zero-order chi connectivity index (χ0) is 25.8. The summed E-state index contributed by atoms with van der Waals surface area (Å²) in [4.78, 5) is 27.0. The van der Waals surface area contributed by atoms with E-state index in [2.05, 4.69) is 26.7 Å². The van der Waals surface area contributed by atoms with Gasteiger partial charge in [-0.2, -0.15) is 15.5 Å². The zero-order valence-electron chi connectivity index (χ0n) is 20.6. The fourth-order valence-electron chi connectivity index (χ4n) is 5.47. The number of fused-ring (bicyclic) bond motifs is 1. The van der Waals surface area contributed by atoms with Gasteiger partial charge in [-0.1, -0.05) is 11.6 Å². The molecule has 3 aliphatic rings. The number of carbonyl (C=O) groups is 2. The molecule has 1 aromatic carbocycles. The summed E-state index contributed by atoms with van der Waals surface area (Å²) in [6.07, 6.45) is 5.78. The summed E-state index contributed by atoms with van der Waals surface area (Å²) in [5.41, 5.74) is 3.65. The molecule has 1 aliphatic heterocycles. The van der Waals surface area contributed by atoms with Crippen molar-refractivity contribution >= 4 is 29.2 Å². The first-order valence-electron chi connectivity index (χ1n) is 12.5. The molecule has 0 radical (unpaired) electrons. The maximum absolute atomic E-state index is 12.8. The van der Waals surface area contributed by atoms with Gasteiger partial charge in [-0.3, -0.25) is 19.2 Å². The highest BCUT2D eigenvalue weighted by molar-refractivity contribution is 6.30. The van der Waals surface area contributed by atoms with Gasteiger partial charge in [0, 0.05) is 29.7 Å². The average Bonchev–Trinajstić information content (AvgIpc) is 3.32. The van der Waals surface area contributed by atoms with E-state index >= 15 is 0 Å². The topological polar surface area (TPSA) is 117 Å². The minimum absolute atomic E-state index is 0.0317. The third kappa shape index (κ3) is 4.25. The Balaban J connectivity index is 1.08. The number of amides is 2. The Morgan fingerprint density at radius 1 is 1.24 bits per heavy atom. The second kappa shape index (κ2) is 8.96. The number of nitriles is 1. The van der Waals surface area contributed by atoms with E-state index in [0.717, 1.165) is 36.9 Å². The summed E-state index contributed by atoms with van der Waals surface area (Å²) < 4.78 is 1.70. The van der Waals surface area contributed by atoms with Crippen LogP contribution in [-0.4, -0.2) is 44.4 Å². The van der Waals surface area contributed by atoms with Crippen molar-refractivity contribution in [3.63, 3.8) is 0 Å². The maximum atomic E-state index is 12.8. The number of nitrogens with one attached hydrogen (secondary N) is 1. The van der Waals surface area contributed by atoms with Crippen molar-refractivity contribution in [2.75, 3.05) is 11.4 Å². The van der Waals surface area contributed by atoms with Gasteiger partial charge in [0.15, 0.2) is 5.82 Å². The quantitative estimate of drug-likeness (QED) is 0.534. The van der Waals surface area contributed by atoms with Crippen molar-refractivity contribution in [2.24, 2.45) is 11.8 Å². The summed E-state index contributed by atoms with van der Waals surface area (Å²) in [5, 5.41) is 26.2. The Morgan fingerprint density at radius 2 is 2.05 bits per heavy atom. The molecule has 3 atom stereocenters. The van der Waals surface area contributed by atoms with Gasteiger partial charge in [-0.25, -0.2) is 0 Å². The highest BCUT2D eigenvalue weighted by atomic mass is 35.5. The average molecular weight is 516 g/mol. The number of nitrogens with zero attached hydrogens (tertiary/aromatic N) is 6. The number of carbonyl (C=O) groups excluding carboxylic acids is 2. The molecule has 0 spiro atoms. The molecule has 2 aromatic heterocycles. The molecule has 2 saturated carbocycles. The van der Waals surface area contributed by atoms with Crippen LogP contribution in [0.15, 0.2) is 36.7 Å². The van der Waals surface area contributed by atoms with E-state index in [1.165, 1.54) is 0 Å². The first-order chi connectivity index (χ1) is 17.8. The molecular weight excluding hydrogens is 490 g/mol. The van der Waals surface area contributed by atoms with Gasteiger partial charge >= 0.3 is 0 Å². The largest absolute Gasteiger partial charge is 0.349 e. The number of aromatic nitrogens is 4. The molecule has 10 heteroatoms. The van der Waals surface area contributed by atoms with E-state index in [1.807, 2.05) is 26.0 Å². The van der Waals surface area contributed by atoms with Crippen LogP contribution in [0.4, 0.5) is 5.82 Å². The van der Waals surface area contributed by atoms with Crippen molar-refractivity contribution in [3.05, 3.63) is 69.6 Å². The van der Waals surface area contributed by atoms with Crippen LogP contribution in [0.3, 0.4) is 0 Å². The molecule has 3 aromatic rings. The van der Waals surface area contributed by atoms with Crippen LogP contribution in [0.25, 0.3) is 0 Å². The smallest absolute Gasteiger partial charge is 0.254 e. The molecular formula is C27H26ClN7O2. The molecule has 0 bridgehead atoms. The number of hydrogen-bond donors (Lipinski definition) is 1. The highest BCUT2D eigenvalue weighted by Gasteiger charge is 2.53. The number of benzene rings is 1. The third-order valence-corrected chi connectivity index (χ3v) is 8.13. The Hall–Kier alpha value is -3.77. The number of anilines is 1. The minimum atomic E-state index is -0.232.